The number of halogens is 3. The molecule has 3 atom stereocenters. The van der Waals surface area contributed by atoms with E-state index in [1.165, 1.54) is 12.1 Å². The Hall–Kier alpha value is -2.75. The van der Waals surface area contributed by atoms with Gasteiger partial charge >= 0.3 is 6.18 Å². The number of aliphatic hydroxyl groups is 1. The molecule has 6 nitrogen and oxygen atoms in total. The first kappa shape index (κ1) is 22.9. The van der Waals surface area contributed by atoms with E-state index < -0.39 is 42.5 Å². The van der Waals surface area contributed by atoms with Crippen molar-refractivity contribution in [2.45, 2.75) is 37.5 Å². The van der Waals surface area contributed by atoms with Gasteiger partial charge in [-0.25, -0.2) is 0 Å². The van der Waals surface area contributed by atoms with Crippen molar-refractivity contribution in [1.82, 2.24) is 5.32 Å². The van der Waals surface area contributed by atoms with E-state index in [0.29, 0.717) is 5.56 Å². The van der Waals surface area contributed by atoms with Crippen molar-refractivity contribution in [3.05, 3.63) is 71.3 Å². The maximum Gasteiger partial charge on any atom is 0.416 e. The van der Waals surface area contributed by atoms with Crippen LogP contribution in [0.2, 0.25) is 0 Å². The molecule has 0 bridgehead atoms. The van der Waals surface area contributed by atoms with Crippen LogP contribution >= 0.6 is 0 Å². The summed E-state index contributed by atoms with van der Waals surface area (Å²) in [5.74, 6) is -0.924. The number of rotatable bonds is 8. The molecule has 0 aromatic heterocycles. The van der Waals surface area contributed by atoms with Crippen molar-refractivity contribution in [2.24, 2.45) is 0 Å². The Bertz CT molecular complexity index is 886. The SMILES string of the molecule is O=C(N[C@H]1C(=O)COC1CO)[C@H](Cc1ccccc1)OCc1ccc(C(F)(F)F)cc1. The standard InChI is InChI=1S/C22H22F3NO5/c23-22(24,25)16-8-6-15(7-9-16)12-30-18(10-14-4-2-1-3-5-14)21(29)26-20-17(28)13-31-19(20)11-27/h1-9,18-20,27H,10-13H2,(H,26,29)/t18-,19?,20-/m0/s1. The Labute approximate surface area is 177 Å². The first-order valence-corrected chi connectivity index (χ1v) is 9.65. The molecule has 0 radical (unpaired) electrons. The molecule has 1 amide bonds. The molecule has 0 aliphatic carbocycles. The highest BCUT2D eigenvalue weighted by Crippen LogP contribution is 2.29. The van der Waals surface area contributed by atoms with Crippen LogP contribution in [-0.4, -0.2) is 48.3 Å². The van der Waals surface area contributed by atoms with Gasteiger partial charge in [0.2, 0.25) is 5.91 Å². The lowest BCUT2D eigenvalue weighted by Crippen LogP contribution is -2.50. The van der Waals surface area contributed by atoms with Gasteiger partial charge in [-0.3, -0.25) is 9.59 Å². The molecule has 1 saturated heterocycles. The maximum absolute atomic E-state index is 12.8. The number of carbonyl (C=O) groups excluding carboxylic acids is 2. The van der Waals surface area contributed by atoms with Gasteiger partial charge in [-0.05, 0) is 23.3 Å². The first-order chi connectivity index (χ1) is 14.8. The Balaban J connectivity index is 1.70. The summed E-state index contributed by atoms with van der Waals surface area (Å²) < 4.78 is 49.1. The second-order valence-corrected chi connectivity index (χ2v) is 7.17. The number of ether oxygens (including phenoxy) is 2. The third-order valence-corrected chi connectivity index (χ3v) is 4.92. The molecule has 0 saturated carbocycles. The van der Waals surface area contributed by atoms with Crippen LogP contribution in [0.4, 0.5) is 13.2 Å². The van der Waals surface area contributed by atoms with Crippen molar-refractivity contribution >= 4 is 11.7 Å². The van der Waals surface area contributed by atoms with Gasteiger partial charge in [0.15, 0.2) is 5.78 Å². The summed E-state index contributed by atoms with van der Waals surface area (Å²) in [4.78, 5) is 24.8. The van der Waals surface area contributed by atoms with E-state index in [4.69, 9.17) is 9.47 Å². The van der Waals surface area contributed by atoms with Crippen molar-refractivity contribution < 1.29 is 37.3 Å². The Morgan fingerprint density at radius 2 is 1.81 bits per heavy atom. The van der Waals surface area contributed by atoms with E-state index in [0.717, 1.165) is 17.7 Å². The highest BCUT2D eigenvalue weighted by atomic mass is 19.4. The fourth-order valence-electron chi connectivity index (χ4n) is 3.20. The van der Waals surface area contributed by atoms with E-state index in [-0.39, 0.29) is 25.4 Å². The molecule has 2 aromatic carbocycles. The smallest absolute Gasteiger partial charge is 0.394 e. The van der Waals surface area contributed by atoms with E-state index in [9.17, 15) is 27.9 Å². The van der Waals surface area contributed by atoms with Crippen LogP contribution in [0, 0.1) is 0 Å². The monoisotopic (exact) mass is 437 g/mol. The van der Waals surface area contributed by atoms with E-state index in [1.54, 1.807) is 12.1 Å². The van der Waals surface area contributed by atoms with Crippen LogP contribution in [0.15, 0.2) is 54.6 Å². The summed E-state index contributed by atoms with van der Waals surface area (Å²) in [5.41, 5.74) is 0.500. The van der Waals surface area contributed by atoms with Gasteiger partial charge < -0.3 is 19.9 Å². The van der Waals surface area contributed by atoms with Crippen molar-refractivity contribution in [2.75, 3.05) is 13.2 Å². The minimum absolute atomic E-state index is 0.0956. The van der Waals surface area contributed by atoms with Gasteiger partial charge in [0.1, 0.15) is 24.9 Å². The number of aliphatic hydroxyl groups excluding tert-OH is 1. The number of hydrogen-bond acceptors (Lipinski definition) is 5. The molecule has 1 aliphatic rings. The van der Waals surface area contributed by atoms with Crippen LogP contribution in [0.25, 0.3) is 0 Å². The summed E-state index contributed by atoms with van der Waals surface area (Å²) in [6.45, 7) is -0.722. The highest BCUT2D eigenvalue weighted by molar-refractivity contribution is 5.93. The minimum atomic E-state index is -4.44. The van der Waals surface area contributed by atoms with Gasteiger partial charge in [0.05, 0.1) is 18.8 Å². The Kier molecular flexibility index (Phi) is 7.42. The molecular weight excluding hydrogens is 415 g/mol. The normalized spacial score (nSPS) is 19.9. The fraction of sp³-hybridized carbons (Fsp3) is 0.364. The molecule has 1 aliphatic heterocycles. The third kappa shape index (κ3) is 6.13. The van der Waals surface area contributed by atoms with Gasteiger partial charge in [0.25, 0.3) is 0 Å². The molecule has 1 heterocycles. The molecule has 31 heavy (non-hydrogen) atoms. The summed E-state index contributed by atoms with van der Waals surface area (Å²) in [7, 11) is 0. The number of nitrogens with one attached hydrogen (secondary N) is 1. The quantitative estimate of drug-likeness (QED) is 0.662. The van der Waals surface area contributed by atoms with Crippen molar-refractivity contribution in [3.63, 3.8) is 0 Å². The lowest BCUT2D eigenvalue weighted by Gasteiger charge is -2.22. The second kappa shape index (κ2) is 10.0. The fourth-order valence-corrected chi connectivity index (χ4v) is 3.20. The zero-order valence-corrected chi connectivity index (χ0v) is 16.5. The maximum atomic E-state index is 12.8. The summed E-state index contributed by atoms with van der Waals surface area (Å²) in [6, 6.07) is 12.5. The lowest BCUT2D eigenvalue weighted by atomic mass is 10.1. The first-order valence-electron chi connectivity index (χ1n) is 9.65. The van der Waals surface area contributed by atoms with Gasteiger partial charge in [-0.2, -0.15) is 13.2 Å². The number of hydrogen-bond donors (Lipinski definition) is 2. The zero-order valence-electron chi connectivity index (χ0n) is 16.5. The van der Waals surface area contributed by atoms with E-state index >= 15 is 0 Å². The number of ketones is 1. The molecule has 1 fully saturated rings. The topological polar surface area (TPSA) is 84.9 Å². The molecule has 0 spiro atoms. The molecule has 166 valence electrons. The average Bonchev–Trinajstić information content (AvgIpc) is 3.10. The van der Waals surface area contributed by atoms with Crippen LogP contribution in [0.5, 0.6) is 0 Å². The van der Waals surface area contributed by atoms with Gasteiger partial charge in [-0.15, -0.1) is 0 Å². The Morgan fingerprint density at radius 1 is 1.13 bits per heavy atom. The van der Waals surface area contributed by atoms with Gasteiger partial charge in [0, 0.05) is 6.42 Å². The van der Waals surface area contributed by atoms with Crippen LogP contribution in [0.3, 0.4) is 0 Å². The largest absolute Gasteiger partial charge is 0.416 e. The van der Waals surface area contributed by atoms with Crippen molar-refractivity contribution in [3.8, 4) is 0 Å². The zero-order chi connectivity index (χ0) is 22.4. The molecule has 2 N–H and O–H groups in total. The van der Waals surface area contributed by atoms with Crippen LogP contribution in [0.1, 0.15) is 16.7 Å². The lowest BCUT2D eigenvalue weighted by molar-refractivity contribution is -0.137. The number of alkyl halides is 3. The van der Waals surface area contributed by atoms with E-state index in [1.807, 2.05) is 18.2 Å². The predicted molar refractivity (Wildman–Crippen MR) is 104 cm³/mol. The number of Topliss-reactive ketones (excluding diaryl/α,β-unsaturated/α-hetero) is 1. The molecule has 2 aromatic rings. The molecule has 9 heteroatoms. The van der Waals surface area contributed by atoms with Crippen molar-refractivity contribution in [1.29, 1.82) is 0 Å². The molecule has 1 unspecified atom stereocenters. The number of amides is 1. The predicted octanol–water partition coefficient (Wildman–Crippen LogP) is 2.28. The number of carbonyl (C=O) groups is 2. The molecular formula is C22H22F3NO5. The summed E-state index contributed by atoms with van der Waals surface area (Å²) >= 11 is 0. The minimum Gasteiger partial charge on any atom is -0.394 e. The Morgan fingerprint density at radius 3 is 2.42 bits per heavy atom. The highest BCUT2D eigenvalue weighted by Gasteiger charge is 2.38. The van der Waals surface area contributed by atoms with Gasteiger partial charge in [-0.1, -0.05) is 42.5 Å². The average molecular weight is 437 g/mol. The molecule has 3 rings (SSSR count). The van der Waals surface area contributed by atoms with Crippen LogP contribution in [-0.2, 0) is 38.3 Å². The second-order valence-electron chi connectivity index (χ2n) is 7.17. The summed E-state index contributed by atoms with van der Waals surface area (Å²) in [6.07, 6.45) is -6.08. The third-order valence-electron chi connectivity index (χ3n) is 4.92. The summed E-state index contributed by atoms with van der Waals surface area (Å²) in [5, 5.41) is 11.9. The van der Waals surface area contributed by atoms with E-state index in [2.05, 4.69) is 5.32 Å². The number of benzene rings is 2. The van der Waals surface area contributed by atoms with Crippen LogP contribution < -0.4 is 5.32 Å².